The van der Waals surface area contributed by atoms with Crippen molar-refractivity contribution in [1.82, 2.24) is 25.1 Å². The second kappa shape index (κ2) is 7.58. The fourth-order valence-corrected chi connectivity index (χ4v) is 3.24. The minimum Gasteiger partial charge on any atom is -0.342 e. The van der Waals surface area contributed by atoms with Gasteiger partial charge in [0.15, 0.2) is 21.5 Å². The largest absolute Gasteiger partial charge is 0.342 e. The summed E-state index contributed by atoms with van der Waals surface area (Å²) in [5.41, 5.74) is 0.146. The van der Waals surface area contributed by atoms with Crippen molar-refractivity contribution in [1.29, 1.82) is 5.26 Å². The Balaban J connectivity index is 1.89. The van der Waals surface area contributed by atoms with Crippen molar-refractivity contribution in [3.8, 4) is 11.9 Å². The molecule has 9 nitrogen and oxygen atoms in total. The lowest BCUT2D eigenvalue weighted by molar-refractivity contribution is 0.0937. The molecular formula is C18H16N6O3S. The minimum absolute atomic E-state index is 0.0650. The molecule has 2 aromatic heterocycles. The summed E-state index contributed by atoms with van der Waals surface area (Å²) in [5, 5.41) is 16.0. The van der Waals surface area contributed by atoms with Crippen molar-refractivity contribution in [2.75, 3.05) is 6.26 Å². The average molecular weight is 396 g/mol. The normalized spacial score (nSPS) is 12.2. The topological polar surface area (TPSA) is 131 Å². The van der Waals surface area contributed by atoms with Crippen LogP contribution in [0.5, 0.6) is 0 Å². The molecule has 0 saturated carbocycles. The number of pyridine rings is 1. The van der Waals surface area contributed by atoms with E-state index in [1.807, 2.05) is 6.07 Å². The highest BCUT2D eigenvalue weighted by atomic mass is 32.2. The van der Waals surface area contributed by atoms with Crippen LogP contribution >= 0.6 is 0 Å². The molecule has 1 amide bonds. The fourth-order valence-electron chi connectivity index (χ4n) is 2.55. The molecule has 142 valence electrons. The summed E-state index contributed by atoms with van der Waals surface area (Å²) >= 11 is 0. The van der Waals surface area contributed by atoms with Crippen molar-refractivity contribution >= 4 is 15.7 Å². The molecule has 0 aliphatic heterocycles. The van der Waals surface area contributed by atoms with Crippen LogP contribution in [0, 0.1) is 11.3 Å². The summed E-state index contributed by atoms with van der Waals surface area (Å²) in [7, 11) is -3.57. The molecule has 0 saturated heterocycles. The molecule has 0 spiro atoms. The van der Waals surface area contributed by atoms with Crippen LogP contribution in [0.4, 0.5) is 0 Å². The second-order valence-corrected chi connectivity index (χ2v) is 8.06. The van der Waals surface area contributed by atoms with Gasteiger partial charge in [0.25, 0.3) is 5.91 Å². The Morgan fingerprint density at radius 3 is 2.68 bits per heavy atom. The molecule has 10 heteroatoms. The Bertz CT molecular complexity index is 1170. The number of carbonyl (C=O) groups excluding carboxylic acids is 1. The number of carbonyl (C=O) groups is 1. The Labute approximate surface area is 161 Å². The van der Waals surface area contributed by atoms with Gasteiger partial charge in [0, 0.05) is 18.0 Å². The second-order valence-electron chi connectivity index (χ2n) is 6.04. The van der Waals surface area contributed by atoms with E-state index in [2.05, 4.69) is 20.4 Å². The van der Waals surface area contributed by atoms with E-state index in [1.165, 1.54) is 29.2 Å². The molecule has 1 N–H and O–H groups in total. The maximum Gasteiger partial charge on any atom is 0.251 e. The molecule has 1 aromatic carbocycles. The van der Waals surface area contributed by atoms with Crippen LogP contribution < -0.4 is 5.32 Å². The first kappa shape index (κ1) is 19.2. The van der Waals surface area contributed by atoms with E-state index in [0.29, 0.717) is 11.6 Å². The van der Waals surface area contributed by atoms with E-state index in [-0.39, 0.29) is 16.0 Å². The molecule has 3 rings (SSSR count). The Morgan fingerprint density at radius 1 is 1.25 bits per heavy atom. The zero-order chi connectivity index (χ0) is 20.3. The van der Waals surface area contributed by atoms with Gasteiger partial charge < -0.3 is 5.32 Å². The maximum atomic E-state index is 12.7. The molecule has 0 radical (unpaired) electrons. The monoisotopic (exact) mass is 396 g/mol. The summed E-state index contributed by atoms with van der Waals surface area (Å²) < 4.78 is 25.1. The van der Waals surface area contributed by atoms with Crippen molar-refractivity contribution in [3.63, 3.8) is 0 Å². The number of sulfone groups is 1. The van der Waals surface area contributed by atoms with Gasteiger partial charge in [-0.1, -0.05) is 6.07 Å². The standard InChI is InChI=1S/C18H16N6O3S/c1-12(17-21-11-22-24(17)16-5-3-4-6-20-16)23-18(25)14-7-13(10-19)8-15(9-14)28(2,26)27/h3-9,11-12H,1-2H3,(H,23,25)/t12-/m0/s1. The van der Waals surface area contributed by atoms with Crippen molar-refractivity contribution in [3.05, 3.63) is 65.9 Å². The van der Waals surface area contributed by atoms with Crippen LogP contribution in [0.1, 0.15) is 34.7 Å². The summed E-state index contributed by atoms with van der Waals surface area (Å²) in [5.74, 6) is 0.457. The van der Waals surface area contributed by atoms with E-state index >= 15 is 0 Å². The third-order valence-electron chi connectivity index (χ3n) is 3.90. The quantitative estimate of drug-likeness (QED) is 0.690. The zero-order valence-corrected chi connectivity index (χ0v) is 15.9. The van der Waals surface area contributed by atoms with Gasteiger partial charge in [0.2, 0.25) is 0 Å². The van der Waals surface area contributed by atoms with Gasteiger partial charge in [-0.2, -0.15) is 15.0 Å². The first-order chi connectivity index (χ1) is 13.3. The van der Waals surface area contributed by atoms with E-state index in [4.69, 9.17) is 5.26 Å². The third kappa shape index (κ3) is 4.05. The predicted octanol–water partition coefficient (Wildman–Crippen LogP) is 1.43. The van der Waals surface area contributed by atoms with Crippen LogP contribution in [0.3, 0.4) is 0 Å². The number of nitriles is 1. The van der Waals surface area contributed by atoms with Crippen molar-refractivity contribution < 1.29 is 13.2 Å². The maximum absolute atomic E-state index is 12.7. The molecule has 1 atom stereocenters. The molecule has 2 heterocycles. The van der Waals surface area contributed by atoms with Gasteiger partial charge in [-0.3, -0.25) is 4.79 Å². The first-order valence-corrected chi connectivity index (χ1v) is 10.1. The number of hydrogen-bond donors (Lipinski definition) is 1. The number of amides is 1. The first-order valence-electron chi connectivity index (χ1n) is 8.17. The third-order valence-corrected chi connectivity index (χ3v) is 4.99. The number of aromatic nitrogens is 4. The van der Waals surface area contributed by atoms with E-state index in [1.54, 1.807) is 31.3 Å². The van der Waals surface area contributed by atoms with Crippen molar-refractivity contribution in [2.24, 2.45) is 0 Å². The predicted molar refractivity (Wildman–Crippen MR) is 99.3 cm³/mol. The summed E-state index contributed by atoms with van der Waals surface area (Å²) in [6.45, 7) is 1.72. The Hall–Kier alpha value is -3.58. The number of hydrogen-bond acceptors (Lipinski definition) is 7. The Kier molecular flexibility index (Phi) is 5.19. The molecule has 0 bridgehead atoms. The molecule has 0 aliphatic carbocycles. The smallest absolute Gasteiger partial charge is 0.251 e. The molecule has 0 aliphatic rings. The highest BCUT2D eigenvalue weighted by Crippen LogP contribution is 2.17. The van der Waals surface area contributed by atoms with E-state index in [9.17, 15) is 13.2 Å². The zero-order valence-electron chi connectivity index (χ0n) is 15.1. The molecule has 28 heavy (non-hydrogen) atoms. The summed E-state index contributed by atoms with van der Waals surface area (Å²) in [6, 6.07) is 10.4. The SMILES string of the molecule is C[C@H](NC(=O)c1cc(C#N)cc(S(C)(=O)=O)c1)c1ncnn1-c1ccccn1. The molecular weight excluding hydrogens is 380 g/mol. The average Bonchev–Trinajstić information content (AvgIpc) is 3.17. The summed E-state index contributed by atoms with van der Waals surface area (Å²) in [6.07, 6.45) is 3.98. The molecule has 0 fully saturated rings. The summed E-state index contributed by atoms with van der Waals surface area (Å²) in [4.78, 5) is 20.9. The van der Waals surface area contributed by atoms with Crippen LogP contribution in [0.2, 0.25) is 0 Å². The van der Waals surface area contributed by atoms with E-state index in [0.717, 1.165) is 6.26 Å². The van der Waals surface area contributed by atoms with Crippen LogP contribution in [-0.2, 0) is 9.84 Å². The van der Waals surface area contributed by atoms with Gasteiger partial charge in [-0.05, 0) is 37.3 Å². The number of benzene rings is 1. The van der Waals surface area contributed by atoms with Gasteiger partial charge >= 0.3 is 0 Å². The number of nitrogens with zero attached hydrogens (tertiary/aromatic N) is 5. The number of nitrogens with one attached hydrogen (secondary N) is 1. The van der Waals surface area contributed by atoms with Gasteiger partial charge in [0.1, 0.15) is 6.33 Å². The lowest BCUT2D eigenvalue weighted by atomic mass is 10.1. The highest BCUT2D eigenvalue weighted by Gasteiger charge is 2.20. The fraction of sp³-hybridized carbons (Fsp3) is 0.167. The highest BCUT2D eigenvalue weighted by molar-refractivity contribution is 7.90. The Morgan fingerprint density at radius 2 is 2.04 bits per heavy atom. The van der Waals surface area contributed by atoms with Gasteiger partial charge in [0.05, 0.1) is 22.6 Å². The van der Waals surface area contributed by atoms with Gasteiger partial charge in [-0.25, -0.2) is 18.4 Å². The minimum atomic E-state index is -3.57. The van der Waals surface area contributed by atoms with Crippen LogP contribution in [-0.4, -0.2) is 40.3 Å². The lowest BCUT2D eigenvalue weighted by Gasteiger charge is -2.15. The number of rotatable bonds is 5. The van der Waals surface area contributed by atoms with E-state index < -0.39 is 21.8 Å². The molecule has 0 unspecified atom stereocenters. The van der Waals surface area contributed by atoms with Crippen LogP contribution in [0.15, 0.2) is 53.8 Å². The van der Waals surface area contributed by atoms with Crippen molar-refractivity contribution in [2.45, 2.75) is 17.9 Å². The van der Waals surface area contributed by atoms with Gasteiger partial charge in [-0.15, -0.1) is 0 Å². The molecule has 3 aromatic rings. The van der Waals surface area contributed by atoms with Crippen LogP contribution in [0.25, 0.3) is 5.82 Å². The lowest BCUT2D eigenvalue weighted by Crippen LogP contribution is -2.29.